The van der Waals surface area contributed by atoms with Gasteiger partial charge in [-0.1, -0.05) is 0 Å². The summed E-state index contributed by atoms with van der Waals surface area (Å²) in [5, 5.41) is 4.23. The number of alkyl halides is 1. The molecule has 96 valence electrons. The van der Waals surface area contributed by atoms with E-state index in [1.807, 2.05) is 16.8 Å². The summed E-state index contributed by atoms with van der Waals surface area (Å²) < 4.78 is 7.59. The Balaban J connectivity index is 1.96. The van der Waals surface area contributed by atoms with Gasteiger partial charge in [-0.3, -0.25) is 0 Å². The fourth-order valence-corrected chi connectivity index (χ4v) is 2.56. The first-order chi connectivity index (χ1) is 8.78. The minimum atomic E-state index is 0.0559. The third-order valence-electron chi connectivity index (χ3n) is 3.10. The van der Waals surface area contributed by atoms with Gasteiger partial charge in [-0.15, -0.1) is 11.6 Å². The lowest BCUT2D eigenvalue weighted by atomic mass is 10.2. The number of hydrogen-bond acceptors (Lipinski definition) is 4. The van der Waals surface area contributed by atoms with E-state index in [1.54, 1.807) is 12.4 Å². The van der Waals surface area contributed by atoms with Crippen LogP contribution < -0.4 is 4.90 Å². The van der Waals surface area contributed by atoms with Crippen molar-refractivity contribution in [2.45, 2.75) is 19.1 Å². The standard InChI is InChI=1S/C12H15ClN4O/c1-9-7-16(8-10(6-13)18-9)12-11-2-3-15-17(11)5-4-14-12/h2-5,9-10H,6-8H2,1H3. The Kier molecular flexibility index (Phi) is 3.09. The first-order valence-electron chi connectivity index (χ1n) is 6.02. The maximum Gasteiger partial charge on any atom is 0.154 e. The van der Waals surface area contributed by atoms with E-state index in [1.165, 1.54) is 0 Å². The maximum atomic E-state index is 5.91. The molecule has 6 heteroatoms. The monoisotopic (exact) mass is 266 g/mol. The summed E-state index contributed by atoms with van der Waals surface area (Å²) in [4.78, 5) is 6.69. The number of ether oxygens (including phenoxy) is 1. The molecule has 0 aliphatic carbocycles. The molecule has 1 aliphatic heterocycles. The third-order valence-corrected chi connectivity index (χ3v) is 3.45. The van der Waals surface area contributed by atoms with Gasteiger partial charge in [0, 0.05) is 25.5 Å². The molecule has 5 nitrogen and oxygen atoms in total. The molecule has 18 heavy (non-hydrogen) atoms. The number of fused-ring (bicyclic) bond motifs is 1. The summed E-state index contributed by atoms with van der Waals surface area (Å²) in [5.41, 5.74) is 1.01. The predicted octanol–water partition coefficient (Wildman–Crippen LogP) is 1.56. The van der Waals surface area contributed by atoms with Crippen LogP contribution in [-0.4, -0.2) is 45.8 Å². The van der Waals surface area contributed by atoms with Crippen molar-refractivity contribution in [1.82, 2.24) is 14.6 Å². The molecule has 2 aromatic rings. The minimum Gasteiger partial charge on any atom is -0.370 e. The molecule has 1 fully saturated rings. The number of hydrogen-bond donors (Lipinski definition) is 0. The van der Waals surface area contributed by atoms with Gasteiger partial charge in [0.2, 0.25) is 0 Å². The molecular weight excluding hydrogens is 252 g/mol. The quantitative estimate of drug-likeness (QED) is 0.774. The van der Waals surface area contributed by atoms with Crippen LogP contribution in [0.3, 0.4) is 0 Å². The van der Waals surface area contributed by atoms with Crippen LogP contribution >= 0.6 is 11.6 Å². The van der Waals surface area contributed by atoms with Gasteiger partial charge in [0.25, 0.3) is 0 Å². The van der Waals surface area contributed by atoms with Gasteiger partial charge in [-0.2, -0.15) is 5.10 Å². The molecule has 3 heterocycles. The van der Waals surface area contributed by atoms with E-state index in [0.717, 1.165) is 24.4 Å². The third kappa shape index (κ3) is 2.04. The first-order valence-corrected chi connectivity index (χ1v) is 6.56. The maximum absolute atomic E-state index is 5.91. The average Bonchev–Trinajstić information content (AvgIpc) is 2.85. The molecule has 1 aliphatic rings. The zero-order valence-electron chi connectivity index (χ0n) is 10.2. The number of nitrogens with zero attached hydrogens (tertiary/aromatic N) is 4. The summed E-state index contributed by atoms with van der Waals surface area (Å²) in [6, 6.07) is 1.97. The van der Waals surface area contributed by atoms with Crippen LogP contribution in [0, 0.1) is 0 Å². The number of anilines is 1. The van der Waals surface area contributed by atoms with Gasteiger partial charge in [0.1, 0.15) is 5.52 Å². The average molecular weight is 267 g/mol. The second-order valence-corrected chi connectivity index (χ2v) is 4.85. The highest BCUT2D eigenvalue weighted by molar-refractivity contribution is 6.18. The van der Waals surface area contributed by atoms with Crippen LogP contribution in [0.15, 0.2) is 24.7 Å². The Morgan fingerprint density at radius 1 is 1.44 bits per heavy atom. The summed E-state index contributed by atoms with van der Waals surface area (Å²) in [7, 11) is 0. The molecule has 2 atom stereocenters. The van der Waals surface area contributed by atoms with Crippen LogP contribution in [0.1, 0.15) is 6.92 Å². The lowest BCUT2D eigenvalue weighted by Crippen LogP contribution is -2.47. The summed E-state index contributed by atoms with van der Waals surface area (Å²) in [6.45, 7) is 3.65. The van der Waals surface area contributed by atoms with Crippen LogP contribution in [0.25, 0.3) is 5.52 Å². The number of morpholine rings is 1. The zero-order valence-corrected chi connectivity index (χ0v) is 10.9. The van der Waals surface area contributed by atoms with Gasteiger partial charge in [-0.05, 0) is 13.0 Å². The Bertz CT molecular complexity index is 544. The highest BCUT2D eigenvalue weighted by Crippen LogP contribution is 2.22. The van der Waals surface area contributed by atoms with E-state index in [9.17, 15) is 0 Å². The van der Waals surface area contributed by atoms with E-state index in [-0.39, 0.29) is 12.2 Å². The molecule has 0 spiro atoms. The Morgan fingerprint density at radius 3 is 3.17 bits per heavy atom. The normalized spacial score (nSPS) is 24.7. The molecule has 0 N–H and O–H groups in total. The van der Waals surface area contributed by atoms with Crippen LogP contribution in [0.2, 0.25) is 0 Å². The van der Waals surface area contributed by atoms with E-state index in [0.29, 0.717) is 5.88 Å². The van der Waals surface area contributed by atoms with Crippen molar-refractivity contribution in [3.63, 3.8) is 0 Å². The molecule has 2 unspecified atom stereocenters. The van der Waals surface area contributed by atoms with Crippen LogP contribution in [0.5, 0.6) is 0 Å². The highest BCUT2D eigenvalue weighted by Gasteiger charge is 2.26. The fraction of sp³-hybridized carbons (Fsp3) is 0.500. The molecule has 1 saturated heterocycles. The minimum absolute atomic E-state index is 0.0559. The fourth-order valence-electron chi connectivity index (χ4n) is 2.39. The topological polar surface area (TPSA) is 42.7 Å². The van der Waals surface area contributed by atoms with Gasteiger partial charge in [-0.25, -0.2) is 9.50 Å². The lowest BCUT2D eigenvalue weighted by Gasteiger charge is -2.36. The summed E-state index contributed by atoms with van der Waals surface area (Å²) in [6.07, 6.45) is 5.61. The van der Waals surface area contributed by atoms with Crippen molar-refractivity contribution in [2.75, 3.05) is 23.9 Å². The molecule has 0 radical (unpaired) electrons. The molecule has 3 rings (SSSR count). The predicted molar refractivity (Wildman–Crippen MR) is 70.3 cm³/mol. The molecule has 0 saturated carbocycles. The number of rotatable bonds is 2. The van der Waals surface area contributed by atoms with E-state index >= 15 is 0 Å². The smallest absolute Gasteiger partial charge is 0.154 e. The summed E-state index contributed by atoms with van der Waals surface area (Å²) >= 11 is 5.91. The van der Waals surface area contributed by atoms with Crippen molar-refractivity contribution < 1.29 is 4.74 Å². The SMILES string of the molecule is CC1CN(c2nccn3nccc23)CC(CCl)O1. The Morgan fingerprint density at radius 2 is 2.33 bits per heavy atom. The lowest BCUT2D eigenvalue weighted by molar-refractivity contribution is -0.00350. The largest absolute Gasteiger partial charge is 0.370 e. The molecule has 0 aromatic carbocycles. The molecule has 2 aromatic heterocycles. The van der Waals surface area contributed by atoms with Crippen molar-refractivity contribution in [2.24, 2.45) is 0 Å². The summed E-state index contributed by atoms with van der Waals surface area (Å²) in [5.74, 6) is 1.45. The highest BCUT2D eigenvalue weighted by atomic mass is 35.5. The number of halogens is 1. The van der Waals surface area contributed by atoms with Crippen molar-refractivity contribution in [1.29, 1.82) is 0 Å². The second-order valence-electron chi connectivity index (χ2n) is 4.54. The second kappa shape index (κ2) is 4.74. The van der Waals surface area contributed by atoms with Crippen LogP contribution in [-0.2, 0) is 4.74 Å². The van der Waals surface area contributed by atoms with Crippen molar-refractivity contribution in [3.05, 3.63) is 24.7 Å². The first kappa shape index (κ1) is 11.7. The van der Waals surface area contributed by atoms with Crippen LogP contribution in [0.4, 0.5) is 5.82 Å². The Labute approximate surface area is 110 Å². The molecular formula is C12H15ClN4O. The molecule has 0 amide bonds. The van der Waals surface area contributed by atoms with Gasteiger partial charge in [0.15, 0.2) is 5.82 Å². The zero-order chi connectivity index (χ0) is 12.5. The van der Waals surface area contributed by atoms with E-state index < -0.39 is 0 Å². The molecule has 0 bridgehead atoms. The van der Waals surface area contributed by atoms with E-state index in [2.05, 4.69) is 21.9 Å². The number of aromatic nitrogens is 3. The van der Waals surface area contributed by atoms with Gasteiger partial charge in [0.05, 0.1) is 24.3 Å². The van der Waals surface area contributed by atoms with E-state index in [4.69, 9.17) is 16.3 Å². The van der Waals surface area contributed by atoms with Gasteiger partial charge >= 0.3 is 0 Å². The Hall–Kier alpha value is -1.33. The van der Waals surface area contributed by atoms with Crippen molar-refractivity contribution in [3.8, 4) is 0 Å². The van der Waals surface area contributed by atoms with Gasteiger partial charge < -0.3 is 9.64 Å². The van der Waals surface area contributed by atoms with Crippen molar-refractivity contribution >= 4 is 22.9 Å².